The number of Topliss-reactive ketones (excluding diaryl/α,β-unsaturated/α-hetero) is 1. The van der Waals surface area contributed by atoms with Gasteiger partial charge in [0.1, 0.15) is 5.52 Å². The van der Waals surface area contributed by atoms with E-state index in [-0.39, 0.29) is 5.78 Å². The molecule has 0 saturated heterocycles. The van der Waals surface area contributed by atoms with Crippen molar-refractivity contribution in [3.63, 3.8) is 0 Å². The molecule has 0 bridgehead atoms. The number of carbonyl (C=O) groups is 1. The Kier molecular flexibility index (Phi) is 4.80. The van der Waals surface area contributed by atoms with Crippen LogP contribution in [-0.2, 0) is 6.54 Å². The molecular weight excluding hydrogens is 342 g/mol. The van der Waals surface area contributed by atoms with Crippen LogP contribution in [-0.4, -0.2) is 26.1 Å². The molecule has 0 aliphatic heterocycles. The second-order valence-electron chi connectivity index (χ2n) is 5.89. The Morgan fingerprint density at radius 1 is 0.923 bits per heavy atom. The van der Waals surface area contributed by atoms with Gasteiger partial charge in [-0.25, -0.2) is 9.97 Å². The second kappa shape index (κ2) is 7.54. The molecule has 26 heavy (non-hydrogen) atoms. The molecule has 2 aromatic carbocycles. The third-order valence-corrected chi connectivity index (χ3v) is 5.06. The van der Waals surface area contributed by atoms with Gasteiger partial charge in [0.25, 0.3) is 0 Å². The van der Waals surface area contributed by atoms with Crippen LogP contribution >= 0.6 is 11.8 Å². The summed E-state index contributed by atoms with van der Waals surface area (Å²) in [5, 5.41) is 0.812. The van der Waals surface area contributed by atoms with Crippen molar-refractivity contribution in [3.8, 4) is 0 Å². The minimum absolute atomic E-state index is 0.0990. The van der Waals surface area contributed by atoms with Crippen LogP contribution in [0.4, 0.5) is 0 Å². The lowest BCUT2D eigenvalue weighted by molar-refractivity contribution is 0.102. The first-order valence-electron chi connectivity index (χ1n) is 8.37. The van der Waals surface area contributed by atoms with E-state index in [2.05, 4.69) is 26.7 Å². The van der Waals surface area contributed by atoms with Crippen molar-refractivity contribution >= 4 is 28.7 Å². The largest absolute Gasteiger partial charge is 0.299 e. The van der Waals surface area contributed by atoms with Gasteiger partial charge in [-0.15, -0.1) is 0 Å². The molecule has 0 spiro atoms. The fraction of sp³-hybridized carbons (Fsp3) is 0.0952. The van der Waals surface area contributed by atoms with Crippen LogP contribution in [0.3, 0.4) is 0 Å². The van der Waals surface area contributed by atoms with Crippen LogP contribution in [0.1, 0.15) is 15.9 Å². The molecule has 4 aromatic rings. The smallest absolute Gasteiger partial charge is 0.173 e. The van der Waals surface area contributed by atoms with Crippen molar-refractivity contribution in [1.82, 2.24) is 14.5 Å². The fourth-order valence-corrected chi connectivity index (χ4v) is 3.69. The Balaban J connectivity index is 1.62. The molecule has 0 fully saturated rings. The molecule has 0 unspecified atom stereocenters. The molecule has 5 heteroatoms. The summed E-state index contributed by atoms with van der Waals surface area (Å²) in [6.07, 6.45) is 1.77. The topological polar surface area (TPSA) is 47.8 Å². The van der Waals surface area contributed by atoms with Crippen LogP contribution in [0, 0.1) is 0 Å². The predicted molar refractivity (Wildman–Crippen MR) is 105 cm³/mol. The molecular formula is C21H17N3OS. The highest BCUT2D eigenvalue weighted by atomic mass is 32.2. The summed E-state index contributed by atoms with van der Waals surface area (Å²) in [5.41, 5.74) is 3.58. The maximum Gasteiger partial charge on any atom is 0.173 e. The van der Waals surface area contributed by atoms with Crippen LogP contribution in [0.2, 0.25) is 0 Å². The summed E-state index contributed by atoms with van der Waals surface area (Å²) in [5.74, 6) is 0.448. The highest BCUT2D eigenvalue weighted by molar-refractivity contribution is 7.99. The quantitative estimate of drug-likeness (QED) is 0.377. The first-order chi connectivity index (χ1) is 12.8. The zero-order valence-electron chi connectivity index (χ0n) is 14.1. The number of fused-ring (bicyclic) bond motifs is 1. The zero-order valence-corrected chi connectivity index (χ0v) is 14.9. The van der Waals surface area contributed by atoms with Crippen molar-refractivity contribution in [3.05, 3.63) is 90.1 Å². The lowest BCUT2D eigenvalue weighted by Gasteiger charge is -2.08. The Hall–Kier alpha value is -2.92. The molecule has 128 valence electrons. The van der Waals surface area contributed by atoms with E-state index in [1.165, 1.54) is 17.3 Å². The number of pyridine rings is 1. The van der Waals surface area contributed by atoms with Crippen molar-refractivity contribution in [2.75, 3.05) is 5.75 Å². The van der Waals surface area contributed by atoms with Gasteiger partial charge in [-0.05, 0) is 17.7 Å². The molecule has 0 aliphatic carbocycles. The summed E-state index contributed by atoms with van der Waals surface area (Å²) >= 11 is 1.46. The van der Waals surface area contributed by atoms with E-state index in [0.717, 1.165) is 21.9 Å². The van der Waals surface area contributed by atoms with Crippen LogP contribution < -0.4 is 0 Å². The van der Waals surface area contributed by atoms with Gasteiger partial charge < -0.3 is 0 Å². The Morgan fingerprint density at radius 3 is 2.42 bits per heavy atom. The van der Waals surface area contributed by atoms with Crippen LogP contribution in [0.25, 0.3) is 11.2 Å². The molecule has 0 N–H and O–H groups in total. The van der Waals surface area contributed by atoms with Gasteiger partial charge in [-0.1, -0.05) is 72.4 Å². The van der Waals surface area contributed by atoms with E-state index >= 15 is 0 Å². The van der Waals surface area contributed by atoms with Gasteiger partial charge in [-0.3, -0.25) is 9.36 Å². The summed E-state index contributed by atoms with van der Waals surface area (Å²) < 4.78 is 2.08. The van der Waals surface area contributed by atoms with Gasteiger partial charge >= 0.3 is 0 Å². The van der Waals surface area contributed by atoms with Gasteiger partial charge in [0.05, 0.1) is 12.3 Å². The summed E-state index contributed by atoms with van der Waals surface area (Å²) in [6, 6.07) is 23.4. The number of ketones is 1. The lowest BCUT2D eigenvalue weighted by Crippen LogP contribution is -2.06. The normalized spacial score (nSPS) is 10.9. The zero-order chi connectivity index (χ0) is 17.8. The van der Waals surface area contributed by atoms with E-state index in [9.17, 15) is 4.79 Å². The Bertz CT molecular complexity index is 1030. The molecule has 4 nitrogen and oxygen atoms in total. The first-order valence-corrected chi connectivity index (χ1v) is 9.36. The summed E-state index contributed by atoms with van der Waals surface area (Å²) in [6.45, 7) is 0.677. The van der Waals surface area contributed by atoms with E-state index in [1.54, 1.807) is 6.20 Å². The van der Waals surface area contributed by atoms with Crippen molar-refractivity contribution < 1.29 is 4.79 Å². The second-order valence-corrected chi connectivity index (χ2v) is 6.83. The number of rotatable bonds is 6. The number of imidazole rings is 1. The lowest BCUT2D eigenvalue weighted by atomic mass is 10.2. The number of thioether (sulfide) groups is 1. The van der Waals surface area contributed by atoms with Gasteiger partial charge in [0.15, 0.2) is 16.6 Å². The number of hydrogen-bond donors (Lipinski definition) is 0. The third-order valence-electron chi connectivity index (χ3n) is 4.08. The van der Waals surface area contributed by atoms with Crippen molar-refractivity contribution in [2.24, 2.45) is 0 Å². The molecule has 0 aliphatic rings. The van der Waals surface area contributed by atoms with Crippen molar-refractivity contribution in [1.29, 1.82) is 0 Å². The predicted octanol–water partition coefficient (Wildman–Crippen LogP) is 4.45. The molecule has 2 heterocycles. The highest BCUT2D eigenvalue weighted by Gasteiger charge is 2.15. The molecule has 0 radical (unpaired) electrons. The van der Waals surface area contributed by atoms with Crippen LogP contribution in [0.15, 0.2) is 84.1 Å². The number of benzene rings is 2. The monoisotopic (exact) mass is 359 g/mol. The van der Waals surface area contributed by atoms with E-state index in [0.29, 0.717) is 12.3 Å². The number of aromatic nitrogens is 3. The molecule has 0 atom stereocenters. The summed E-state index contributed by atoms with van der Waals surface area (Å²) in [7, 11) is 0. The van der Waals surface area contributed by atoms with E-state index in [1.807, 2.05) is 60.7 Å². The maximum absolute atomic E-state index is 12.4. The molecule has 2 aromatic heterocycles. The molecule has 4 rings (SSSR count). The van der Waals surface area contributed by atoms with Gasteiger partial charge in [0, 0.05) is 11.8 Å². The highest BCUT2D eigenvalue weighted by Crippen LogP contribution is 2.24. The summed E-state index contributed by atoms with van der Waals surface area (Å²) in [4.78, 5) is 21.6. The van der Waals surface area contributed by atoms with Gasteiger partial charge in [0.2, 0.25) is 0 Å². The Morgan fingerprint density at radius 2 is 1.65 bits per heavy atom. The average molecular weight is 359 g/mol. The van der Waals surface area contributed by atoms with E-state index < -0.39 is 0 Å². The number of nitrogens with zero attached hydrogens (tertiary/aromatic N) is 3. The number of carbonyl (C=O) groups excluding carboxylic acids is 1. The van der Waals surface area contributed by atoms with Crippen molar-refractivity contribution in [2.45, 2.75) is 11.7 Å². The molecule has 0 amide bonds. The maximum atomic E-state index is 12.4. The molecule has 0 saturated carbocycles. The van der Waals surface area contributed by atoms with Crippen LogP contribution in [0.5, 0.6) is 0 Å². The van der Waals surface area contributed by atoms with E-state index in [4.69, 9.17) is 0 Å². The minimum Gasteiger partial charge on any atom is -0.299 e. The first kappa shape index (κ1) is 16.5. The average Bonchev–Trinajstić information content (AvgIpc) is 3.05. The SMILES string of the molecule is O=C(CSc1nc2cccnc2n1Cc1ccccc1)c1ccccc1. The minimum atomic E-state index is 0.0990. The third kappa shape index (κ3) is 3.53. The number of hydrogen-bond acceptors (Lipinski definition) is 4. The standard InChI is InChI=1S/C21H17N3OS/c25-19(17-10-5-2-6-11-17)15-26-21-23-18-12-7-13-22-20(18)24(21)14-16-8-3-1-4-9-16/h1-13H,14-15H2. The van der Waals surface area contributed by atoms with Gasteiger partial charge in [-0.2, -0.15) is 0 Å². The fourth-order valence-electron chi connectivity index (χ4n) is 2.79. The Labute approximate surface area is 155 Å².